The summed E-state index contributed by atoms with van der Waals surface area (Å²) in [6, 6.07) is 4.02. The van der Waals surface area contributed by atoms with E-state index < -0.39 is 5.97 Å². The van der Waals surface area contributed by atoms with Crippen molar-refractivity contribution in [3.8, 4) is 10.4 Å². The SMILES string of the molecule is Cc1ccc(-c2csc3nc(CCC(=O)O)[nH]c(=O)c23)s1. The van der Waals surface area contributed by atoms with Crippen LogP contribution in [0.2, 0.25) is 0 Å². The maximum absolute atomic E-state index is 12.3. The van der Waals surface area contributed by atoms with Crippen molar-refractivity contribution in [1.82, 2.24) is 9.97 Å². The van der Waals surface area contributed by atoms with Crippen LogP contribution in [0.25, 0.3) is 20.7 Å². The van der Waals surface area contributed by atoms with Crippen molar-refractivity contribution in [2.45, 2.75) is 19.8 Å². The monoisotopic (exact) mass is 320 g/mol. The number of rotatable bonds is 4. The third-order valence-corrected chi connectivity index (χ3v) is 4.98. The number of carbonyl (C=O) groups is 1. The minimum atomic E-state index is -0.904. The van der Waals surface area contributed by atoms with E-state index in [-0.39, 0.29) is 18.4 Å². The van der Waals surface area contributed by atoms with Gasteiger partial charge in [0.25, 0.3) is 5.56 Å². The summed E-state index contributed by atoms with van der Waals surface area (Å²) in [5.41, 5.74) is 0.689. The lowest BCUT2D eigenvalue weighted by Gasteiger charge is -1.99. The van der Waals surface area contributed by atoms with Gasteiger partial charge in [-0.05, 0) is 19.1 Å². The molecule has 3 aromatic heterocycles. The second kappa shape index (κ2) is 5.42. The molecule has 0 unspecified atom stereocenters. The molecule has 0 radical (unpaired) electrons. The Kier molecular flexibility index (Phi) is 3.60. The fourth-order valence-corrected chi connectivity index (χ4v) is 4.02. The number of carboxylic acid groups (broad SMARTS) is 1. The number of hydrogen-bond acceptors (Lipinski definition) is 5. The highest BCUT2D eigenvalue weighted by molar-refractivity contribution is 7.19. The van der Waals surface area contributed by atoms with Crippen molar-refractivity contribution in [3.05, 3.63) is 38.6 Å². The molecular weight excluding hydrogens is 308 g/mol. The van der Waals surface area contributed by atoms with Gasteiger partial charge in [-0.3, -0.25) is 9.59 Å². The van der Waals surface area contributed by atoms with Gasteiger partial charge in [-0.1, -0.05) is 0 Å². The summed E-state index contributed by atoms with van der Waals surface area (Å²) < 4.78 is 0. The first-order chi connectivity index (χ1) is 10.0. The number of aromatic nitrogens is 2. The molecule has 0 fully saturated rings. The van der Waals surface area contributed by atoms with Crippen LogP contribution >= 0.6 is 22.7 Å². The summed E-state index contributed by atoms with van der Waals surface area (Å²) in [6.07, 6.45) is 0.183. The summed E-state index contributed by atoms with van der Waals surface area (Å²) in [6.45, 7) is 2.02. The molecule has 3 heterocycles. The van der Waals surface area contributed by atoms with Gasteiger partial charge in [0.15, 0.2) is 0 Å². The molecule has 0 saturated heterocycles. The number of aliphatic carboxylic acids is 1. The second-order valence-corrected chi connectivity index (χ2v) is 6.79. The van der Waals surface area contributed by atoms with Crippen molar-refractivity contribution >= 4 is 38.9 Å². The maximum Gasteiger partial charge on any atom is 0.303 e. The quantitative estimate of drug-likeness (QED) is 0.774. The minimum absolute atomic E-state index is 0.0448. The zero-order chi connectivity index (χ0) is 15.0. The summed E-state index contributed by atoms with van der Waals surface area (Å²) in [5, 5.41) is 11.2. The largest absolute Gasteiger partial charge is 0.481 e. The van der Waals surface area contributed by atoms with E-state index >= 15 is 0 Å². The molecule has 2 N–H and O–H groups in total. The molecule has 3 aromatic rings. The Labute approximate surface area is 127 Å². The number of carboxylic acids is 1. The predicted molar refractivity (Wildman–Crippen MR) is 84.2 cm³/mol. The van der Waals surface area contributed by atoms with Crippen molar-refractivity contribution in [2.24, 2.45) is 0 Å². The average molecular weight is 320 g/mol. The van der Waals surface area contributed by atoms with Gasteiger partial charge in [0.2, 0.25) is 0 Å². The number of H-pyrrole nitrogens is 1. The molecule has 0 bridgehead atoms. The van der Waals surface area contributed by atoms with E-state index in [9.17, 15) is 9.59 Å². The Bertz CT molecular complexity index is 876. The topological polar surface area (TPSA) is 83.0 Å². The average Bonchev–Trinajstić information content (AvgIpc) is 3.02. The van der Waals surface area contributed by atoms with E-state index in [0.717, 1.165) is 10.4 Å². The molecule has 0 amide bonds. The van der Waals surface area contributed by atoms with Gasteiger partial charge in [0.05, 0.1) is 11.8 Å². The van der Waals surface area contributed by atoms with Gasteiger partial charge >= 0.3 is 5.97 Å². The van der Waals surface area contributed by atoms with Gasteiger partial charge < -0.3 is 10.1 Å². The Balaban J connectivity index is 2.07. The van der Waals surface area contributed by atoms with E-state index in [1.807, 2.05) is 24.4 Å². The number of aromatic amines is 1. The molecule has 108 valence electrons. The molecule has 0 aliphatic heterocycles. The standard InChI is InChI=1S/C14H12N2O3S2/c1-7-2-3-9(21-7)8-6-20-14-12(8)13(19)15-10(16-14)4-5-11(17)18/h2-3,6H,4-5H2,1H3,(H,17,18)(H,15,16,19). The highest BCUT2D eigenvalue weighted by atomic mass is 32.1. The number of thiophene rings is 2. The lowest BCUT2D eigenvalue weighted by atomic mass is 10.2. The number of aryl methyl sites for hydroxylation is 2. The summed E-state index contributed by atoms with van der Waals surface area (Å²) >= 11 is 3.04. The van der Waals surface area contributed by atoms with E-state index in [4.69, 9.17) is 5.11 Å². The van der Waals surface area contributed by atoms with Crippen LogP contribution in [0.5, 0.6) is 0 Å². The maximum atomic E-state index is 12.3. The van der Waals surface area contributed by atoms with Gasteiger partial charge in [-0.25, -0.2) is 4.98 Å². The fraction of sp³-hybridized carbons (Fsp3) is 0.214. The molecule has 3 rings (SSSR count). The van der Waals surface area contributed by atoms with E-state index in [1.165, 1.54) is 16.2 Å². The van der Waals surface area contributed by atoms with Crippen LogP contribution in [0.1, 0.15) is 17.1 Å². The molecule has 0 saturated carbocycles. The van der Waals surface area contributed by atoms with E-state index in [2.05, 4.69) is 9.97 Å². The first kappa shape index (κ1) is 14.0. The zero-order valence-corrected chi connectivity index (χ0v) is 12.8. The van der Waals surface area contributed by atoms with Crippen LogP contribution < -0.4 is 5.56 Å². The summed E-state index contributed by atoms with van der Waals surface area (Å²) in [4.78, 5) is 32.8. The van der Waals surface area contributed by atoms with E-state index in [0.29, 0.717) is 16.0 Å². The highest BCUT2D eigenvalue weighted by Crippen LogP contribution is 2.34. The Hall–Kier alpha value is -1.99. The summed E-state index contributed by atoms with van der Waals surface area (Å²) in [7, 11) is 0. The van der Waals surface area contributed by atoms with Crippen LogP contribution in [0.3, 0.4) is 0 Å². The highest BCUT2D eigenvalue weighted by Gasteiger charge is 2.14. The van der Waals surface area contributed by atoms with Gasteiger partial charge in [0, 0.05) is 27.1 Å². The number of nitrogens with zero attached hydrogens (tertiary/aromatic N) is 1. The molecule has 0 aliphatic rings. The smallest absolute Gasteiger partial charge is 0.303 e. The van der Waals surface area contributed by atoms with Gasteiger partial charge in [-0.2, -0.15) is 0 Å². The molecule has 21 heavy (non-hydrogen) atoms. The number of hydrogen-bond donors (Lipinski definition) is 2. The van der Waals surface area contributed by atoms with Crippen LogP contribution in [0, 0.1) is 6.92 Å². The number of nitrogens with one attached hydrogen (secondary N) is 1. The van der Waals surface area contributed by atoms with Crippen molar-refractivity contribution in [2.75, 3.05) is 0 Å². The van der Waals surface area contributed by atoms with Crippen molar-refractivity contribution in [1.29, 1.82) is 0 Å². The Morgan fingerprint density at radius 3 is 2.90 bits per heavy atom. The zero-order valence-electron chi connectivity index (χ0n) is 11.2. The van der Waals surface area contributed by atoms with Gasteiger partial charge in [-0.15, -0.1) is 22.7 Å². The molecule has 0 atom stereocenters. The lowest BCUT2D eigenvalue weighted by Crippen LogP contribution is -2.12. The van der Waals surface area contributed by atoms with Crippen LogP contribution in [0.15, 0.2) is 22.3 Å². The normalized spacial score (nSPS) is 11.1. The van der Waals surface area contributed by atoms with Crippen LogP contribution in [-0.2, 0) is 11.2 Å². The molecule has 0 aromatic carbocycles. The summed E-state index contributed by atoms with van der Waals surface area (Å²) in [5.74, 6) is -0.482. The molecule has 0 spiro atoms. The molecule has 7 heteroatoms. The molecule has 5 nitrogen and oxygen atoms in total. The predicted octanol–water partition coefficient (Wildman–Crippen LogP) is 3.04. The van der Waals surface area contributed by atoms with Crippen LogP contribution in [-0.4, -0.2) is 21.0 Å². The minimum Gasteiger partial charge on any atom is -0.481 e. The van der Waals surface area contributed by atoms with Crippen LogP contribution in [0.4, 0.5) is 0 Å². The number of fused-ring (bicyclic) bond motifs is 1. The molecule has 0 aliphatic carbocycles. The first-order valence-corrected chi connectivity index (χ1v) is 8.03. The first-order valence-electron chi connectivity index (χ1n) is 6.33. The Morgan fingerprint density at radius 1 is 1.43 bits per heavy atom. The van der Waals surface area contributed by atoms with Crippen molar-refractivity contribution < 1.29 is 9.90 Å². The fourth-order valence-electron chi connectivity index (χ4n) is 2.10. The Morgan fingerprint density at radius 2 is 2.24 bits per heavy atom. The second-order valence-electron chi connectivity index (χ2n) is 4.65. The third-order valence-electron chi connectivity index (χ3n) is 3.07. The lowest BCUT2D eigenvalue weighted by molar-refractivity contribution is -0.137. The van der Waals surface area contributed by atoms with Gasteiger partial charge in [0.1, 0.15) is 10.7 Å². The van der Waals surface area contributed by atoms with E-state index in [1.54, 1.807) is 11.3 Å². The van der Waals surface area contributed by atoms with Crippen molar-refractivity contribution in [3.63, 3.8) is 0 Å². The third kappa shape index (κ3) is 2.74. The molecular formula is C14H12N2O3S2.